The molecule has 0 saturated carbocycles. The minimum Gasteiger partial charge on any atom is -0.462 e. The van der Waals surface area contributed by atoms with Crippen molar-refractivity contribution < 1.29 is 18.7 Å². The van der Waals surface area contributed by atoms with Crippen LogP contribution in [0, 0.1) is 0 Å². The van der Waals surface area contributed by atoms with Gasteiger partial charge in [0, 0.05) is 5.56 Å². The Kier molecular flexibility index (Phi) is 8.83. The topological polar surface area (TPSA) is 69.4 Å². The standard InChI is InChI=1S/C21H19NO4.C3H8/c1-2-3-11-25-21(24)18-12-16(15-7-5-4-6-8-15)9-10-17(18)20-19(13-23)22-14-26-20;1-3-2/h4-10,12-14H,2-3,11H2,1H3;3H2,1-2H3. The molecule has 29 heavy (non-hydrogen) atoms. The SMILES string of the molecule is CCC.CCCCOC(=O)c1cc(-c2ccccc2)ccc1-c1ocnc1C=O. The van der Waals surface area contributed by atoms with Gasteiger partial charge in [-0.05, 0) is 29.7 Å². The summed E-state index contributed by atoms with van der Waals surface area (Å²) in [7, 11) is 0. The molecular weight excluding hydrogens is 366 g/mol. The molecule has 0 aliphatic rings. The molecule has 0 amide bonds. The summed E-state index contributed by atoms with van der Waals surface area (Å²) < 4.78 is 10.7. The van der Waals surface area contributed by atoms with Crippen molar-refractivity contribution in [1.29, 1.82) is 0 Å². The molecule has 1 heterocycles. The fraction of sp³-hybridized carbons (Fsp3) is 0.292. The number of hydrogen-bond donors (Lipinski definition) is 0. The van der Waals surface area contributed by atoms with Gasteiger partial charge in [0.05, 0.1) is 12.2 Å². The van der Waals surface area contributed by atoms with E-state index >= 15 is 0 Å². The molecular formula is C24H27NO4. The number of unbranched alkanes of at least 4 members (excludes halogenated alkanes) is 1. The highest BCUT2D eigenvalue weighted by Crippen LogP contribution is 2.31. The van der Waals surface area contributed by atoms with Crippen molar-refractivity contribution in [1.82, 2.24) is 4.98 Å². The zero-order chi connectivity index (χ0) is 21.1. The predicted molar refractivity (Wildman–Crippen MR) is 114 cm³/mol. The minimum atomic E-state index is -0.445. The van der Waals surface area contributed by atoms with Gasteiger partial charge in [-0.15, -0.1) is 0 Å². The summed E-state index contributed by atoms with van der Waals surface area (Å²) in [5, 5.41) is 0. The Morgan fingerprint density at radius 2 is 1.79 bits per heavy atom. The quantitative estimate of drug-likeness (QED) is 0.272. The second kappa shape index (κ2) is 11.6. The number of benzene rings is 2. The molecule has 3 aromatic rings. The van der Waals surface area contributed by atoms with Crippen molar-refractivity contribution in [3.05, 3.63) is 66.2 Å². The van der Waals surface area contributed by atoms with Crippen molar-refractivity contribution >= 4 is 12.3 Å². The number of rotatable bonds is 7. The molecule has 0 saturated heterocycles. The van der Waals surface area contributed by atoms with Gasteiger partial charge in [0.15, 0.2) is 18.4 Å². The summed E-state index contributed by atoms with van der Waals surface area (Å²) in [4.78, 5) is 27.7. The minimum absolute atomic E-state index is 0.153. The van der Waals surface area contributed by atoms with Crippen LogP contribution in [-0.4, -0.2) is 23.8 Å². The Labute approximate surface area is 171 Å². The summed E-state index contributed by atoms with van der Waals surface area (Å²) in [5.41, 5.74) is 2.85. The van der Waals surface area contributed by atoms with Crippen LogP contribution in [-0.2, 0) is 4.74 Å². The van der Waals surface area contributed by atoms with E-state index in [-0.39, 0.29) is 11.5 Å². The first-order valence-corrected chi connectivity index (χ1v) is 9.91. The highest BCUT2D eigenvalue weighted by Gasteiger charge is 2.20. The second-order valence-corrected chi connectivity index (χ2v) is 6.51. The maximum Gasteiger partial charge on any atom is 0.338 e. The molecule has 0 N–H and O–H groups in total. The van der Waals surface area contributed by atoms with Crippen LogP contribution in [0.1, 0.15) is 60.9 Å². The van der Waals surface area contributed by atoms with E-state index in [9.17, 15) is 9.59 Å². The van der Waals surface area contributed by atoms with Gasteiger partial charge in [0.25, 0.3) is 0 Å². The number of ether oxygens (including phenoxy) is 1. The summed E-state index contributed by atoms with van der Waals surface area (Å²) in [6, 6.07) is 15.1. The molecule has 0 unspecified atom stereocenters. The number of hydrogen-bond acceptors (Lipinski definition) is 5. The lowest BCUT2D eigenvalue weighted by Gasteiger charge is -2.11. The zero-order valence-corrected chi connectivity index (χ0v) is 17.2. The van der Waals surface area contributed by atoms with E-state index in [2.05, 4.69) is 18.8 Å². The second-order valence-electron chi connectivity index (χ2n) is 6.51. The van der Waals surface area contributed by atoms with E-state index in [1.165, 1.54) is 12.8 Å². The zero-order valence-electron chi connectivity index (χ0n) is 17.2. The molecule has 1 aromatic heterocycles. The molecule has 152 valence electrons. The van der Waals surface area contributed by atoms with Gasteiger partial charge >= 0.3 is 5.97 Å². The number of nitrogens with zero attached hydrogens (tertiary/aromatic N) is 1. The van der Waals surface area contributed by atoms with Gasteiger partial charge in [-0.3, -0.25) is 4.79 Å². The van der Waals surface area contributed by atoms with Gasteiger partial charge in [-0.1, -0.05) is 70.0 Å². The van der Waals surface area contributed by atoms with Crippen molar-refractivity contribution in [3.8, 4) is 22.5 Å². The number of esters is 1. The lowest BCUT2D eigenvalue weighted by atomic mass is 9.97. The van der Waals surface area contributed by atoms with Crippen LogP contribution in [0.4, 0.5) is 0 Å². The molecule has 2 aromatic carbocycles. The highest BCUT2D eigenvalue weighted by molar-refractivity contribution is 6.00. The Bertz CT molecular complexity index is 916. The van der Waals surface area contributed by atoms with Gasteiger partial charge in [-0.25, -0.2) is 9.78 Å². The van der Waals surface area contributed by atoms with E-state index in [1.807, 2.05) is 43.3 Å². The number of carbonyl (C=O) groups excluding carboxylic acids is 2. The molecule has 5 nitrogen and oxygen atoms in total. The van der Waals surface area contributed by atoms with Crippen molar-refractivity contribution in [2.75, 3.05) is 6.61 Å². The van der Waals surface area contributed by atoms with Crippen LogP contribution in [0.5, 0.6) is 0 Å². The molecule has 0 fully saturated rings. The van der Waals surface area contributed by atoms with Crippen molar-refractivity contribution in [2.45, 2.75) is 40.0 Å². The van der Waals surface area contributed by atoms with E-state index < -0.39 is 5.97 Å². The number of aldehydes is 1. The van der Waals surface area contributed by atoms with Gasteiger partial charge in [-0.2, -0.15) is 0 Å². The molecule has 0 spiro atoms. The van der Waals surface area contributed by atoms with Gasteiger partial charge < -0.3 is 9.15 Å². The van der Waals surface area contributed by atoms with Gasteiger partial charge in [0.1, 0.15) is 5.69 Å². The van der Waals surface area contributed by atoms with Crippen LogP contribution in [0.15, 0.2) is 59.3 Å². The van der Waals surface area contributed by atoms with Crippen LogP contribution in [0.25, 0.3) is 22.5 Å². The number of carbonyl (C=O) groups is 2. The van der Waals surface area contributed by atoms with Crippen LogP contribution in [0.2, 0.25) is 0 Å². The summed E-state index contributed by atoms with van der Waals surface area (Å²) in [6.07, 6.45) is 4.77. The fourth-order valence-electron chi connectivity index (χ4n) is 2.65. The van der Waals surface area contributed by atoms with E-state index in [4.69, 9.17) is 9.15 Å². The summed E-state index contributed by atoms with van der Waals surface area (Å²) in [5.74, 6) is -0.179. The van der Waals surface area contributed by atoms with Crippen molar-refractivity contribution in [2.24, 2.45) is 0 Å². The molecule has 0 atom stereocenters. The Morgan fingerprint density at radius 1 is 1.07 bits per heavy atom. The number of oxazole rings is 1. The highest BCUT2D eigenvalue weighted by atomic mass is 16.5. The Morgan fingerprint density at radius 3 is 2.45 bits per heavy atom. The maximum atomic E-state index is 12.6. The summed E-state index contributed by atoms with van der Waals surface area (Å²) >= 11 is 0. The van der Waals surface area contributed by atoms with Crippen molar-refractivity contribution in [3.63, 3.8) is 0 Å². The first kappa shape index (κ1) is 22.1. The largest absolute Gasteiger partial charge is 0.462 e. The average molecular weight is 393 g/mol. The molecule has 5 heteroatoms. The molecule has 0 radical (unpaired) electrons. The summed E-state index contributed by atoms with van der Waals surface area (Å²) in [6.45, 7) is 6.63. The Hall–Kier alpha value is -3.21. The lowest BCUT2D eigenvalue weighted by molar-refractivity contribution is 0.0500. The van der Waals surface area contributed by atoms with Crippen LogP contribution < -0.4 is 0 Å². The van der Waals surface area contributed by atoms with E-state index in [0.717, 1.165) is 24.0 Å². The monoisotopic (exact) mass is 393 g/mol. The first-order valence-electron chi connectivity index (χ1n) is 9.91. The third-order valence-electron chi connectivity index (χ3n) is 4.03. The molecule has 0 aliphatic carbocycles. The van der Waals surface area contributed by atoms with E-state index in [1.54, 1.807) is 12.1 Å². The molecule has 0 aliphatic heterocycles. The first-order chi connectivity index (χ1) is 14.2. The molecule has 0 bridgehead atoms. The fourth-order valence-corrected chi connectivity index (χ4v) is 2.65. The smallest absolute Gasteiger partial charge is 0.338 e. The third-order valence-corrected chi connectivity index (χ3v) is 4.03. The van der Waals surface area contributed by atoms with E-state index in [0.29, 0.717) is 24.0 Å². The average Bonchev–Trinajstić information content (AvgIpc) is 3.23. The predicted octanol–water partition coefficient (Wildman–Crippen LogP) is 6.19. The maximum absolute atomic E-state index is 12.6. The Balaban J connectivity index is 0.000000941. The van der Waals surface area contributed by atoms with Crippen LogP contribution in [0.3, 0.4) is 0 Å². The van der Waals surface area contributed by atoms with Gasteiger partial charge in [0.2, 0.25) is 0 Å². The normalized spacial score (nSPS) is 10.0. The number of aromatic nitrogens is 1. The lowest BCUT2D eigenvalue weighted by Crippen LogP contribution is -2.08. The third kappa shape index (κ3) is 5.88. The molecule has 3 rings (SSSR count). The van der Waals surface area contributed by atoms with Crippen LogP contribution >= 0.6 is 0 Å².